The van der Waals surface area contributed by atoms with E-state index in [0.717, 1.165) is 25.2 Å². The predicted octanol–water partition coefficient (Wildman–Crippen LogP) is 7.25. The Balaban J connectivity index is 1.58. The maximum absolute atomic E-state index is 10.2. The summed E-state index contributed by atoms with van der Waals surface area (Å²) in [7, 11) is 0. The van der Waals surface area contributed by atoms with Gasteiger partial charge in [0.2, 0.25) is 0 Å². The Kier molecular flexibility index (Phi) is 5.52. The van der Waals surface area contributed by atoms with Crippen LogP contribution in [0.5, 0.6) is 0 Å². The summed E-state index contributed by atoms with van der Waals surface area (Å²) in [6.45, 7) is 14.5. The van der Waals surface area contributed by atoms with Crippen molar-refractivity contribution in [2.75, 3.05) is 0 Å². The molecule has 1 nitrogen and oxygen atoms in total. The lowest BCUT2D eigenvalue weighted by molar-refractivity contribution is 0.0719. The van der Waals surface area contributed by atoms with E-state index >= 15 is 0 Å². The van der Waals surface area contributed by atoms with Crippen molar-refractivity contribution < 1.29 is 5.11 Å². The van der Waals surface area contributed by atoms with Crippen LogP contribution in [0.2, 0.25) is 0 Å². The minimum Gasteiger partial charge on any atom is -0.393 e. The number of fused-ring (bicyclic) bond motifs is 5. The highest BCUT2D eigenvalue weighted by atomic mass is 16.3. The topological polar surface area (TPSA) is 20.2 Å². The summed E-state index contributed by atoms with van der Waals surface area (Å²) in [6.07, 6.45) is 19.1. The van der Waals surface area contributed by atoms with Gasteiger partial charge >= 0.3 is 0 Å². The molecule has 0 aromatic heterocycles. The molecule has 1 N–H and O–H groups in total. The molecule has 0 heterocycles. The number of allylic oxidation sites excluding steroid dienone is 7. The Hall–Kier alpha value is -1.08. The molecular weight excluding hydrogens is 352 g/mol. The van der Waals surface area contributed by atoms with E-state index in [1.807, 2.05) is 0 Å². The van der Waals surface area contributed by atoms with Gasteiger partial charge in [-0.05, 0) is 90.1 Å². The molecule has 0 aromatic rings. The van der Waals surface area contributed by atoms with Crippen molar-refractivity contribution in [3.63, 3.8) is 0 Å². The van der Waals surface area contributed by atoms with Gasteiger partial charge in [-0.2, -0.15) is 0 Å². The van der Waals surface area contributed by atoms with Crippen LogP contribution in [0.3, 0.4) is 0 Å². The molecule has 7 atom stereocenters. The van der Waals surface area contributed by atoms with Crippen LogP contribution >= 0.6 is 0 Å². The number of aliphatic hydroxyl groups is 1. The molecule has 0 amide bonds. The Bertz CT molecular complexity index is 765. The van der Waals surface area contributed by atoms with Gasteiger partial charge in [0.05, 0.1) is 6.10 Å². The number of aliphatic hydroxyl groups excluding tert-OH is 1. The fourth-order valence-corrected chi connectivity index (χ4v) is 6.93. The van der Waals surface area contributed by atoms with Crippen molar-refractivity contribution >= 4 is 0 Å². The first kappa shape index (κ1) is 21.2. The molecule has 0 spiro atoms. The van der Waals surface area contributed by atoms with E-state index in [-0.39, 0.29) is 11.5 Å². The van der Waals surface area contributed by atoms with Crippen molar-refractivity contribution in [1.29, 1.82) is 0 Å². The summed E-state index contributed by atoms with van der Waals surface area (Å²) in [5, 5.41) is 10.2. The lowest BCUT2D eigenvalue weighted by atomic mass is 9.51. The number of rotatable bonds is 4. The molecule has 0 radical (unpaired) electrons. The highest BCUT2D eigenvalue weighted by Crippen LogP contribution is 2.64. The molecule has 4 aliphatic rings. The van der Waals surface area contributed by atoms with Gasteiger partial charge in [-0.3, -0.25) is 0 Å². The molecule has 2 fully saturated rings. The van der Waals surface area contributed by atoms with Gasteiger partial charge in [0.15, 0.2) is 0 Å². The lowest BCUT2D eigenvalue weighted by Gasteiger charge is -2.53. The third kappa shape index (κ3) is 3.42. The molecule has 2 saturated carbocycles. The van der Waals surface area contributed by atoms with Gasteiger partial charge < -0.3 is 5.11 Å². The van der Waals surface area contributed by atoms with Crippen LogP contribution in [0.1, 0.15) is 80.1 Å². The minimum atomic E-state index is -0.130. The number of hydrogen-bond donors (Lipinski definition) is 1. The van der Waals surface area contributed by atoms with Crippen molar-refractivity contribution in [3.05, 3.63) is 47.1 Å². The van der Waals surface area contributed by atoms with Crippen LogP contribution in [0.25, 0.3) is 0 Å². The molecular formula is C28H42O. The SMILES string of the molecule is CC(C)[C@@H](C)/C=C/[C@H](C)[C@H]1CC=C2C3=CC=C4C[C@@H](O)CC[C@]4(C)[C@H]3CC[C@@]21C. The van der Waals surface area contributed by atoms with Crippen LogP contribution in [0.15, 0.2) is 47.1 Å². The molecule has 0 bridgehead atoms. The first-order valence-electron chi connectivity index (χ1n) is 12.2. The van der Waals surface area contributed by atoms with E-state index in [2.05, 4.69) is 71.9 Å². The largest absolute Gasteiger partial charge is 0.393 e. The third-order valence-corrected chi connectivity index (χ3v) is 9.47. The summed E-state index contributed by atoms with van der Waals surface area (Å²) >= 11 is 0. The Morgan fingerprint density at radius 3 is 2.45 bits per heavy atom. The summed E-state index contributed by atoms with van der Waals surface area (Å²) in [5.74, 6) is 3.37. The average Bonchev–Trinajstić information content (AvgIpc) is 3.03. The summed E-state index contributed by atoms with van der Waals surface area (Å²) in [6, 6.07) is 0. The monoisotopic (exact) mass is 394 g/mol. The maximum Gasteiger partial charge on any atom is 0.0578 e. The molecule has 160 valence electrons. The Labute approximate surface area is 179 Å². The van der Waals surface area contributed by atoms with E-state index in [9.17, 15) is 5.11 Å². The lowest BCUT2D eigenvalue weighted by Crippen LogP contribution is -2.44. The highest BCUT2D eigenvalue weighted by molar-refractivity contribution is 5.51. The molecule has 4 rings (SSSR count). The quantitative estimate of drug-likeness (QED) is 0.498. The molecule has 4 aliphatic carbocycles. The normalized spacial score (nSPS) is 41.2. The fraction of sp³-hybridized carbons (Fsp3) is 0.714. The Morgan fingerprint density at radius 1 is 1.00 bits per heavy atom. The van der Waals surface area contributed by atoms with Crippen molar-refractivity contribution in [2.24, 2.45) is 40.4 Å². The van der Waals surface area contributed by atoms with Crippen LogP contribution in [0, 0.1) is 40.4 Å². The number of hydrogen-bond acceptors (Lipinski definition) is 1. The first-order chi connectivity index (χ1) is 13.7. The van der Waals surface area contributed by atoms with Crippen molar-refractivity contribution in [1.82, 2.24) is 0 Å². The van der Waals surface area contributed by atoms with Crippen molar-refractivity contribution in [3.8, 4) is 0 Å². The van der Waals surface area contributed by atoms with Crippen LogP contribution in [0.4, 0.5) is 0 Å². The van der Waals surface area contributed by atoms with Crippen LogP contribution < -0.4 is 0 Å². The van der Waals surface area contributed by atoms with Crippen LogP contribution in [-0.4, -0.2) is 11.2 Å². The zero-order valence-corrected chi connectivity index (χ0v) is 19.5. The zero-order valence-electron chi connectivity index (χ0n) is 19.5. The van der Waals surface area contributed by atoms with Gasteiger partial charge in [-0.1, -0.05) is 77.5 Å². The summed E-state index contributed by atoms with van der Waals surface area (Å²) in [4.78, 5) is 0. The average molecular weight is 395 g/mol. The third-order valence-electron chi connectivity index (χ3n) is 9.47. The molecule has 29 heavy (non-hydrogen) atoms. The van der Waals surface area contributed by atoms with Crippen LogP contribution in [-0.2, 0) is 0 Å². The summed E-state index contributed by atoms with van der Waals surface area (Å²) in [5.41, 5.74) is 5.39. The smallest absolute Gasteiger partial charge is 0.0578 e. The maximum atomic E-state index is 10.2. The van der Waals surface area contributed by atoms with Gasteiger partial charge in [0.1, 0.15) is 0 Å². The van der Waals surface area contributed by atoms with E-state index in [4.69, 9.17) is 0 Å². The second-order valence-corrected chi connectivity index (χ2v) is 11.4. The molecule has 0 saturated heterocycles. The predicted molar refractivity (Wildman–Crippen MR) is 123 cm³/mol. The van der Waals surface area contributed by atoms with Crippen molar-refractivity contribution in [2.45, 2.75) is 86.2 Å². The van der Waals surface area contributed by atoms with E-state index in [1.165, 1.54) is 24.8 Å². The van der Waals surface area contributed by atoms with E-state index < -0.39 is 0 Å². The molecule has 0 aromatic carbocycles. The van der Waals surface area contributed by atoms with Gasteiger partial charge in [0, 0.05) is 0 Å². The standard InChI is InChI=1S/C28H42O/c1-18(2)19(3)7-8-20(4)24-11-12-25-23-10-9-21-17-22(29)13-15-27(21,5)26(23)14-16-28(24,25)6/h7-10,12,18-20,22,24,26,29H,11,13-17H2,1-6H3/b8-7+/t19-,20-,22-,24+,26-,27-,28+/m0/s1. The molecule has 0 unspecified atom stereocenters. The van der Waals surface area contributed by atoms with Gasteiger partial charge in [-0.15, -0.1) is 0 Å². The second-order valence-electron chi connectivity index (χ2n) is 11.4. The fourth-order valence-electron chi connectivity index (χ4n) is 6.93. The second kappa shape index (κ2) is 7.56. The first-order valence-corrected chi connectivity index (χ1v) is 12.2. The van der Waals surface area contributed by atoms with E-state index in [1.54, 1.807) is 11.1 Å². The van der Waals surface area contributed by atoms with Gasteiger partial charge in [0.25, 0.3) is 0 Å². The Morgan fingerprint density at radius 2 is 1.72 bits per heavy atom. The highest BCUT2D eigenvalue weighted by Gasteiger charge is 2.53. The van der Waals surface area contributed by atoms with Gasteiger partial charge in [-0.25, -0.2) is 0 Å². The minimum absolute atomic E-state index is 0.130. The zero-order chi connectivity index (χ0) is 21.0. The summed E-state index contributed by atoms with van der Waals surface area (Å²) < 4.78 is 0. The molecule has 0 aliphatic heterocycles. The molecule has 1 heteroatoms. The van der Waals surface area contributed by atoms with E-state index in [0.29, 0.717) is 29.1 Å².